The maximum atomic E-state index is 12.2. The molecule has 0 radical (unpaired) electrons. The van der Waals surface area contributed by atoms with Crippen molar-refractivity contribution < 1.29 is 9.59 Å². The highest BCUT2D eigenvalue weighted by molar-refractivity contribution is 6.67. The Balaban J connectivity index is 0. The molecule has 1 unspecified atom stereocenters. The van der Waals surface area contributed by atoms with Gasteiger partial charge in [-0.25, -0.2) is 5.84 Å². The van der Waals surface area contributed by atoms with Crippen LogP contribution in [-0.2, 0) is 4.79 Å². The van der Waals surface area contributed by atoms with E-state index in [1.165, 1.54) is 6.08 Å². The van der Waals surface area contributed by atoms with E-state index in [1.54, 1.807) is 43.3 Å². The number of rotatable bonds is 2. The molecule has 0 aromatic heterocycles. The van der Waals surface area contributed by atoms with Crippen LogP contribution in [0.1, 0.15) is 38.1 Å². The topological polar surface area (TPSA) is 63.4 Å². The lowest BCUT2D eigenvalue weighted by atomic mass is 9.95. The monoisotopic (exact) mass is 522 g/mol. The van der Waals surface area contributed by atoms with Gasteiger partial charge in [-0.2, -0.15) is 0 Å². The van der Waals surface area contributed by atoms with Crippen LogP contribution in [0.5, 0.6) is 0 Å². The molecule has 0 bridgehead atoms. The molecule has 1 aromatic rings. The second kappa shape index (κ2) is 11.8. The number of hydrogen-bond donors (Lipinski definition) is 1. The molecule has 0 aliphatic heterocycles. The van der Waals surface area contributed by atoms with Gasteiger partial charge in [0.05, 0.1) is 10.4 Å². The average molecular weight is 525 g/mol. The van der Waals surface area contributed by atoms with Gasteiger partial charge < -0.3 is 0 Å². The van der Waals surface area contributed by atoms with Crippen LogP contribution in [0.3, 0.4) is 0 Å². The predicted molar refractivity (Wildman–Crippen MR) is 128 cm³/mol. The van der Waals surface area contributed by atoms with Crippen molar-refractivity contribution in [1.82, 2.24) is 5.01 Å². The Bertz CT molecular complexity index is 756. The van der Waals surface area contributed by atoms with E-state index in [9.17, 15) is 9.59 Å². The number of alkyl halides is 3. The van der Waals surface area contributed by atoms with Gasteiger partial charge in [-0.1, -0.05) is 65.7 Å². The minimum absolute atomic E-state index is 0. The minimum Gasteiger partial charge on any atom is -0.276 e. The molecule has 0 spiro atoms. The number of amides is 1. The summed E-state index contributed by atoms with van der Waals surface area (Å²) in [6.45, 7) is 7.17. The zero-order chi connectivity index (χ0) is 21.0. The number of nitrogens with two attached hydrogens (primary N) is 1. The van der Waals surface area contributed by atoms with Gasteiger partial charge in [-0.3, -0.25) is 14.6 Å². The van der Waals surface area contributed by atoms with Crippen LogP contribution in [-0.4, -0.2) is 30.9 Å². The third-order valence-corrected chi connectivity index (χ3v) is 5.59. The van der Waals surface area contributed by atoms with Crippen LogP contribution >= 0.6 is 71.2 Å². The van der Waals surface area contributed by atoms with Crippen molar-refractivity contribution in [2.75, 3.05) is 0 Å². The fraction of sp³-hybridized carbons (Fsp3) is 0.368. The van der Waals surface area contributed by atoms with Gasteiger partial charge in [0, 0.05) is 11.1 Å². The summed E-state index contributed by atoms with van der Waals surface area (Å²) in [5.74, 6) is 5.42. The Hall–Kier alpha value is -0.460. The Labute approximate surface area is 204 Å². The smallest absolute Gasteiger partial charge is 0.268 e. The number of hydrogen-bond acceptors (Lipinski definition) is 3. The highest BCUT2D eigenvalue weighted by Crippen LogP contribution is 2.44. The number of allylic oxidation sites excluding steroid dienone is 2. The SMILES string of the molecule is CC(C)(C)N(N)C(=O)C1=CC(Cl)(Cl)C(C)(Cl)C=C1.Cl.Cl.O=C(Cl)c1ccccc1. The van der Waals surface area contributed by atoms with E-state index in [-0.39, 0.29) is 30.7 Å². The van der Waals surface area contributed by atoms with Crippen LogP contribution in [0.25, 0.3) is 0 Å². The van der Waals surface area contributed by atoms with Crippen molar-refractivity contribution in [1.29, 1.82) is 0 Å². The predicted octanol–water partition coefficient (Wildman–Crippen LogP) is 6.06. The van der Waals surface area contributed by atoms with E-state index >= 15 is 0 Å². The lowest BCUT2D eigenvalue weighted by Gasteiger charge is -2.36. The zero-order valence-corrected chi connectivity index (χ0v) is 20.9. The molecule has 1 aromatic carbocycles. The molecule has 29 heavy (non-hydrogen) atoms. The number of nitrogens with zero attached hydrogens (tertiary/aromatic N) is 1. The molecule has 164 valence electrons. The third kappa shape index (κ3) is 8.66. The van der Waals surface area contributed by atoms with Crippen molar-refractivity contribution in [3.63, 3.8) is 0 Å². The summed E-state index contributed by atoms with van der Waals surface area (Å²) in [4.78, 5) is 21.6. The molecule has 0 heterocycles. The largest absolute Gasteiger partial charge is 0.276 e. The Morgan fingerprint density at radius 2 is 1.52 bits per heavy atom. The molecular formula is C19H24Cl6N2O2. The van der Waals surface area contributed by atoms with Crippen LogP contribution in [0, 0.1) is 0 Å². The molecule has 2 rings (SSSR count). The fourth-order valence-electron chi connectivity index (χ4n) is 1.89. The standard InChI is InChI=1S/C12H17Cl3N2O.C7H5ClO.2ClH/c1-10(2,3)17(16)9(18)8-5-6-11(4,13)12(14,15)7-8;8-7(9)6-4-2-1-3-5-6;;/h5-7H,16H2,1-4H3;1-5H;2*1H. The summed E-state index contributed by atoms with van der Waals surface area (Å²) in [5.41, 5.74) is 0.379. The maximum Gasteiger partial charge on any atom is 0.268 e. The number of carbonyl (C=O) groups excluding carboxylic acids is 2. The van der Waals surface area contributed by atoms with Crippen molar-refractivity contribution in [2.45, 2.75) is 42.4 Å². The van der Waals surface area contributed by atoms with Gasteiger partial charge >= 0.3 is 0 Å². The average Bonchev–Trinajstić information content (AvgIpc) is 2.56. The van der Waals surface area contributed by atoms with Gasteiger partial charge in [0.25, 0.3) is 11.1 Å². The first-order chi connectivity index (χ1) is 12.2. The quantitative estimate of drug-likeness (QED) is 0.168. The van der Waals surface area contributed by atoms with E-state index in [0.717, 1.165) is 5.01 Å². The molecule has 4 nitrogen and oxygen atoms in total. The summed E-state index contributed by atoms with van der Waals surface area (Å²) >= 11 is 23.5. The molecule has 2 N–H and O–H groups in total. The summed E-state index contributed by atoms with van der Waals surface area (Å²) < 4.78 is -1.35. The van der Waals surface area contributed by atoms with Crippen LogP contribution < -0.4 is 5.84 Å². The van der Waals surface area contributed by atoms with E-state index in [2.05, 4.69) is 0 Å². The van der Waals surface area contributed by atoms with Crippen molar-refractivity contribution >= 4 is 82.4 Å². The molecule has 1 amide bonds. The van der Waals surface area contributed by atoms with E-state index in [0.29, 0.717) is 11.1 Å². The number of halogens is 6. The molecule has 1 atom stereocenters. The highest BCUT2D eigenvalue weighted by atomic mass is 35.5. The molecule has 0 saturated heterocycles. The van der Waals surface area contributed by atoms with Crippen LogP contribution in [0.4, 0.5) is 0 Å². The fourth-order valence-corrected chi connectivity index (χ4v) is 2.49. The first-order valence-corrected chi connectivity index (χ1v) is 9.53. The first kappa shape index (κ1) is 30.7. The van der Waals surface area contributed by atoms with Gasteiger partial charge in [-0.05, 0) is 45.4 Å². The van der Waals surface area contributed by atoms with Gasteiger partial charge in [0.15, 0.2) is 4.33 Å². The summed E-state index contributed by atoms with van der Waals surface area (Å²) in [6, 6.07) is 8.74. The number of benzene rings is 1. The number of carbonyl (C=O) groups is 2. The van der Waals surface area contributed by atoms with E-state index < -0.39 is 20.0 Å². The molecule has 0 fully saturated rings. The van der Waals surface area contributed by atoms with Crippen molar-refractivity contribution in [3.8, 4) is 0 Å². The maximum absolute atomic E-state index is 12.2. The van der Waals surface area contributed by atoms with Gasteiger partial charge in [-0.15, -0.1) is 36.4 Å². The lowest BCUT2D eigenvalue weighted by Crippen LogP contribution is -2.51. The van der Waals surface area contributed by atoms with E-state index in [1.807, 2.05) is 26.8 Å². The second-order valence-electron chi connectivity index (χ2n) is 7.12. The molecule has 0 saturated carbocycles. The van der Waals surface area contributed by atoms with Gasteiger partial charge in [0.2, 0.25) is 0 Å². The van der Waals surface area contributed by atoms with Crippen LogP contribution in [0.2, 0.25) is 0 Å². The molecule has 1 aliphatic carbocycles. The second-order valence-corrected chi connectivity index (χ2v) is 9.63. The minimum atomic E-state index is -1.35. The Kier molecular flexibility index (Phi) is 12.5. The lowest BCUT2D eigenvalue weighted by molar-refractivity contribution is -0.131. The number of hydrazine groups is 1. The molecule has 1 aliphatic rings. The van der Waals surface area contributed by atoms with Crippen LogP contribution in [0.15, 0.2) is 54.1 Å². The first-order valence-electron chi connectivity index (χ1n) is 8.02. The Morgan fingerprint density at radius 1 is 1.03 bits per heavy atom. The Morgan fingerprint density at radius 3 is 1.86 bits per heavy atom. The molecular weight excluding hydrogens is 501 g/mol. The van der Waals surface area contributed by atoms with E-state index in [4.69, 9.17) is 52.2 Å². The normalized spacial score (nSPS) is 19.4. The highest BCUT2D eigenvalue weighted by Gasteiger charge is 2.44. The summed E-state index contributed by atoms with van der Waals surface area (Å²) in [7, 11) is 0. The molecule has 10 heteroatoms. The zero-order valence-electron chi connectivity index (χ0n) is 16.3. The van der Waals surface area contributed by atoms with Crippen molar-refractivity contribution in [2.24, 2.45) is 5.84 Å². The summed E-state index contributed by atoms with van der Waals surface area (Å²) in [6.07, 6.45) is 4.61. The van der Waals surface area contributed by atoms with Crippen molar-refractivity contribution in [3.05, 3.63) is 59.7 Å². The summed E-state index contributed by atoms with van der Waals surface area (Å²) in [5, 5.41) is 0.736. The third-order valence-electron chi connectivity index (χ3n) is 3.75. The van der Waals surface area contributed by atoms with Gasteiger partial charge in [0.1, 0.15) is 0 Å².